The van der Waals surface area contributed by atoms with Gasteiger partial charge in [-0.05, 0) is 66.0 Å². The number of pyridine rings is 1. The van der Waals surface area contributed by atoms with E-state index in [-0.39, 0.29) is 17.7 Å². The molecule has 0 aromatic carbocycles. The van der Waals surface area contributed by atoms with E-state index < -0.39 is 5.97 Å². The normalized spacial score (nSPS) is 11.5. The van der Waals surface area contributed by atoms with E-state index in [2.05, 4.69) is 32.4 Å². The van der Waals surface area contributed by atoms with Gasteiger partial charge in [0, 0.05) is 34.7 Å². The number of hydrogen-bond donors (Lipinski definition) is 0. The van der Waals surface area contributed by atoms with Gasteiger partial charge in [-0.25, -0.2) is 9.78 Å². The second-order valence-corrected chi connectivity index (χ2v) is 7.80. The Labute approximate surface area is 182 Å². The highest BCUT2D eigenvalue weighted by atomic mass is 79.9. The van der Waals surface area contributed by atoms with Crippen LogP contribution in [0.25, 0.3) is 11.7 Å². The molecular weight excluding hydrogens is 448 g/mol. The molecule has 0 amide bonds. The molecule has 0 unspecified atom stereocenters. The Balaban J connectivity index is 1.80. The third kappa shape index (κ3) is 4.52. The number of carbonyl (C=O) groups is 1. The van der Waals surface area contributed by atoms with E-state index in [4.69, 9.17) is 4.74 Å². The number of aromatic nitrogens is 3. The Morgan fingerprint density at radius 3 is 2.80 bits per heavy atom. The molecule has 0 aliphatic carbocycles. The molecule has 8 heteroatoms. The van der Waals surface area contributed by atoms with Gasteiger partial charge in [0.1, 0.15) is 23.9 Å². The van der Waals surface area contributed by atoms with Gasteiger partial charge < -0.3 is 9.30 Å². The Hall–Kier alpha value is -3.18. The van der Waals surface area contributed by atoms with Crippen molar-refractivity contribution < 1.29 is 9.53 Å². The van der Waals surface area contributed by atoms with Crippen LogP contribution in [-0.2, 0) is 22.7 Å². The maximum Gasteiger partial charge on any atom is 0.349 e. The number of hydrogen-bond acceptors (Lipinski definition) is 5. The minimum absolute atomic E-state index is 0.104. The second kappa shape index (κ2) is 9.09. The molecule has 0 aliphatic rings. The van der Waals surface area contributed by atoms with E-state index in [1.54, 1.807) is 18.3 Å². The van der Waals surface area contributed by atoms with Crippen LogP contribution >= 0.6 is 15.9 Å². The monoisotopic (exact) mass is 468 g/mol. The predicted molar refractivity (Wildman–Crippen MR) is 117 cm³/mol. The molecular formula is C22H21BrN4O3. The van der Waals surface area contributed by atoms with E-state index in [9.17, 15) is 14.9 Å². The molecule has 0 fully saturated rings. The summed E-state index contributed by atoms with van der Waals surface area (Å²) >= 11 is 3.31. The first-order valence-electron chi connectivity index (χ1n) is 9.47. The van der Waals surface area contributed by atoms with Crippen molar-refractivity contribution >= 4 is 33.6 Å². The van der Waals surface area contributed by atoms with Gasteiger partial charge in [0.25, 0.3) is 5.56 Å². The van der Waals surface area contributed by atoms with Gasteiger partial charge in [0.15, 0.2) is 0 Å². The number of ether oxygens (including phenoxy) is 1. The highest BCUT2D eigenvalue weighted by molar-refractivity contribution is 9.10. The van der Waals surface area contributed by atoms with Gasteiger partial charge in [-0.1, -0.05) is 6.92 Å². The molecule has 154 valence electrons. The molecule has 0 saturated carbocycles. The van der Waals surface area contributed by atoms with Crippen molar-refractivity contribution in [1.82, 2.24) is 14.0 Å². The van der Waals surface area contributed by atoms with Gasteiger partial charge in [0.05, 0.1) is 5.69 Å². The highest BCUT2D eigenvalue weighted by Gasteiger charge is 2.15. The number of fused-ring (bicyclic) bond motifs is 1. The lowest BCUT2D eigenvalue weighted by Crippen LogP contribution is -2.17. The van der Waals surface area contributed by atoms with Crippen LogP contribution in [0.15, 0.2) is 45.3 Å². The molecule has 3 aromatic heterocycles. The van der Waals surface area contributed by atoms with Gasteiger partial charge in [-0.2, -0.15) is 5.26 Å². The fraction of sp³-hybridized carbons (Fsp3) is 0.273. The summed E-state index contributed by atoms with van der Waals surface area (Å²) in [5, 5.41) is 9.44. The maximum absolute atomic E-state index is 12.4. The van der Waals surface area contributed by atoms with Crippen molar-refractivity contribution in [3.8, 4) is 6.07 Å². The summed E-state index contributed by atoms with van der Waals surface area (Å²) in [6.07, 6.45) is 4.14. The first-order valence-corrected chi connectivity index (χ1v) is 10.3. The smallest absolute Gasteiger partial charge is 0.349 e. The van der Waals surface area contributed by atoms with Crippen molar-refractivity contribution in [3.05, 3.63) is 73.5 Å². The standard InChI is InChI=1S/C22H21BrN4O3/c1-4-7-26-14(2)8-16(15(26)3)9-17(11-24)22(29)30-13-19-10-21(28)27-12-18(23)5-6-20(27)25-19/h5-6,8-10,12H,4,7,13H2,1-3H3/b17-9+. The van der Waals surface area contributed by atoms with Gasteiger partial charge in [-0.3, -0.25) is 9.20 Å². The van der Waals surface area contributed by atoms with Crippen LogP contribution in [0.4, 0.5) is 0 Å². The molecule has 0 atom stereocenters. The fourth-order valence-corrected chi connectivity index (χ4v) is 3.59. The first kappa shape index (κ1) is 21.5. The zero-order valence-corrected chi connectivity index (χ0v) is 18.6. The molecule has 0 N–H and O–H groups in total. The lowest BCUT2D eigenvalue weighted by atomic mass is 10.1. The molecule has 3 rings (SSSR count). The van der Waals surface area contributed by atoms with Crippen molar-refractivity contribution in [2.75, 3.05) is 0 Å². The van der Waals surface area contributed by atoms with Crippen molar-refractivity contribution in [2.24, 2.45) is 0 Å². The highest BCUT2D eigenvalue weighted by Crippen LogP contribution is 2.19. The quantitative estimate of drug-likeness (QED) is 0.310. The molecule has 7 nitrogen and oxygen atoms in total. The lowest BCUT2D eigenvalue weighted by Gasteiger charge is -2.07. The Morgan fingerprint density at radius 1 is 1.33 bits per heavy atom. The molecule has 30 heavy (non-hydrogen) atoms. The van der Waals surface area contributed by atoms with Crippen molar-refractivity contribution in [1.29, 1.82) is 5.26 Å². The van der Waals surface area contributed by atoms with Crippen molar-refractivity contribution in [3.63, 3.8) is 0 Å². The van der Waals surface area contributed by atoms with Crippen LogP contribution < -0.4 is 5.56 Å². The van der Waals surface area contributed by atoms with E-state index in [0.717, 1.165) is 34.4 Å². The molecule has 0 radical (unpaired) electrons. The summed E-state index contributed by atoms with van der Waals surface area (Å²) < 4.78 is 9.54. The number of esters is 1. The van der Waals surface area contributed by atoms with E-state index >= 15 is 0 Å². The second-order valence-electron chi connectivity index (χ2n) is 6.89. The molecule has 0 saturated heterocycles. The van der Waals surface area contributed by atoms with Crippen LogP contribution in [0.2, 0.25) is 0 Å². The third-order valence-electron chi connectivity index (χ3n) is 4.73. The number of nitrogens with zero attached hydrogens (tertiary/aromatic N) is 4. The maximum atomic E-state index is 12.4. The van der Waals surface area contributed by atoms with E-state index in [0.29, 0.717) is 11.3 Å². The van der Waals surface area contributed by atoms with Crippen LogP contribution in [0.1, 0.15) is 36.0 Å². The summed E-state index contributed by atoms with van der Waals surface area (Å²) in [6.45, 7) is 6.72. The summed E-state index contributed by atoms with van der Waals surface area (Å²) in [4.78, 5) is 29.0. The molecule has 0 aliphatic heterocycles. The Morgan fingerprint density at radius 2 is 2.10 bits per heavy atom. The minimum atomic E-state index is -0.754. The molecule has 0 bridgehead atoms. The van der Waals surface area contributed by atoms with Gasteiger partial charge in [0.2, 0.25) is 0 Å². The molecule has 0 spiro atoms. The predicted octanol–water partition coefficient (Wildman–Crippen LogP) is 3.94. The number of nitriles is 1. The summed E-state index contributed by atoms with van der Waals surface area (Å²) in [5.74, 6) is -0.754. The zero-order valence-electron chi connectivity index (χ0n) is 17.0. The van der Waals surface area contributed by atoms with Crippen LogP contribution in [0, 0.1) is 25.2 Å². The van der Waals surface area contributed by atoms with E-state index in [1.165, 1.54) is 16.5 Å². The first-order chi connectivity index (χ1) is 14.3. The van der Waals surface area contributed by atoms with Crippen molar-refractivity contribution in [2.45, 2.75) is 40.3 Å². The number of aryl methyl sites for hydroxylation is 1. The molecule has 3 heterocycles. The third-order valence-corrected chi connectivity index (χ3v) is 5.20. The number of carbonyl (C=O) groups excluding carboxylic acids is 1. The SMILES string of the molecule is CCCn1c(C)cc(/C=C(\C#N)C(=O)OCc2cc(=O)n3cc(Br)ccc3n2)c1C. The average Bonchev–Trinajstić information content (AvgIpc) is 2.98. The minimum Gasteiger partial charge on any atom is -0.455 e. The summed E-state index contributed by atoms with van der Waals surface area (Å²) in [6, 6.07) is 8.61. The lowest BCUT2D eigenvalue weighted by molar-refractivity contribution is -0.139. The largest absolute Gasteiger partial charge is 0.455 e. The Bertz CT molecular complexity index is 1250. The van der Waals surface area contributed by atoms with Gasteiger partial charge >= 0.3 is 5.97 Å². The summed E-state index contributed by atoms with van der Waals surface area (Å²) in [7, 11) is 0. The number of halogens is 1. The molecule has 3 aromatic rings. The van der Waals surface area contributed by atoms with Crippen LogP contribution in [-0.4, -0.2) is 19.9 Å². The van der Waals surface area contributed by atoms with Crippen LogP contribution in [0.3, 0.4) is 0 Å². The topological polar surface area (TPSA) is 89.4 Å². The fourth-order valence-electron chi connectivity index (χ4n) is 3.25. The van der Waals surface area contributed by atoms with Crippen LogP contribution in [0.5, 0.6) is 0 Å². The van der Waals surface area contributed by atoms with E-state index in [1.807, 2.05) is 26.0 Å². The summed E-state index contributed by atoms with van der Waals surface area (Å²) in [5.41, 5.74) is 3.23. The van der Waals surface area contributed by atoms with Gasteiger partial charge in [-0.15, -0.1) is 0 Å². The zero-order chi connectivity index (χ0) is 21.8. The average molecular weight is 469 g/mol. The Kier molecular flexibility index (Phi) is 6.53. The number of rotatable bonds is 6.